The fourth-order valence-electron chi connectivity index (χ4n) is 1.06. The monoisotopic (exact) mass is 244 g/mol. The van der Waals surface area contributed by atoms with Gasteiger partial charge in [0.25, 0.3) is 0 Å². The van der Waals surface area contributed by atoms with Crippen LogP contribution in [0.2, 0.25) is 0 Å². The first-order chi connectivity index (χ1) is 6.15. The van der Waals surface area contributed by atoms with Crippen molar-refractivity contribution >= 4 is 15.9 Å². The Morgan fingerprint density at radius 2 is 2.31 bits per heavy atom. The molecule has 0 unspecified atom stereocenters. The van der Waals surface area contributed by atoms with E-state index in [-0.39, 0.29) is 12.6 Å². The molecule has 0 aliphatic carbocycles. The molecule has 1 rings (SSSR count). The van der Waals surface area contributed by atoms with Crippen LogP contribution in [0.4, 0.5) is 0 Å². The molecule has 13 heavy (non-hydrogen) atoms. The highest BCUT2D eigenvalue weighted by Gasteiger charge is 2.07. The summed E-state index contributed by atoms with van der Waals surface area (Å²) in [5.41, 5.74) is 7.54. The smallest absolute Gasteiger partial charge is 0.0575 e. The highest BCUT2D eigenvalue weighted by atomic mass is 79.9. The summed E-state index contributed by atoms with van der Waals surface area (Å²) in [4.78, 5) is 4.31. The summed E-state index contributed by atoms with van der Waals surface area (Å²) in [5, 5.41) is 8.70. The Balaban J connectivity index is 2.84. The molecular weight excluding hydrogens is 232 g/mol. The maximum absolute atomic E-state index is 8.70. The maximum atomic E-state index is 8.70. The molecule has 1 aromatic rings. The number of hydrogen-bond donors (Lipinski definition) is 2. The Morgan fingerprint density at radius 1 is 1.62 bits per heavy atom. The van der Waals surface area contributed by atoms with Gasteiger partial charge in [0.1, 0.15) is 0 Å². The molecule has 0 spiro atoms. The summed E-state index contributed by atoms with van der Waals surface area (Å²) >= 11 is 3.36. The van der Waals surface area contributed by atoms with E-state index >= 15 is 0 Å². The Hall–Kier alpha value is -0.450. The molecule has 0 aliphatic heterocycles. The van der Waals surface area contributed by atoms with Crippen LogP contribution in [0, 0.1) is 6.92 Å². The van der Waals surface area contributed by atoms with E-state index < -0.39 is 0 Å². The van der Waals surface area contributed by atoms with Gasteiger partial charge in [0.2, 0.25) is 0 Å². The number of nitrogens with two attached hydrogens (primary N) is 1. The zero-order valence-electron chi connectivity index (χ0n) is 7.50. The minimum atomic E-state index is -0.170. The number of aliphatic hydroxyl groups excluding tert-OH is 1. The van der Waals surface area contributed by atoms with E-state index in [0.717, 1.165) is 15.9 Å². The fourth-order valence-corrected chi connectivity index (χ4v) is 1.28. The molecule has 3 N–H and O–H groups in total. The molecule has 4 heteroatoms. The van der Waals surface area contributed by atoms with Crippen molar-refractivity contribution in [3.63, 3.8) is 0 Å². The molecule has 1 heterocycles. The SMILES string of the molecule is Cc1nc([C@@H](N)CCO)ccc1Br. The van der Waals surface area contributed by atoms with Crippen LogP contribution in [0.1, 0.15) is 23.9 Å². The van der Waals surface area contributed by atoms with Gasteiger partial charge in [0.05, 0.1) is 11.4 Å². The lowest BCUT2D eigenvalue weighted by molar-refractivity contribution is 0.275. The van der Waals surface area contributed by atoms with Gasteiger partial charge in [-0.3, -0.25) is 4.98 Å². The average Bonchev–Trinajstić information content (AvgIpc) is 2.10. The summed E-state index contributed by atoms with van der Waals surface area (Å²) in [5.74, 6) is 0. The molecule has 0 aliphatic rings. The molecule has 0 saturated heterocycles. The van der Waals surface area contributed by atoms with Crippen LogP contribution in [0.5, 0.6) is 0 Å². The van der Waals surface area contributed by atoms with Gasteiger partial charge < -0.3 is 10.8 Å². The Kier molecular flexibility index (Phi) is 3.84. The topological polar surface area (TPSA) is 59.1 Å². The molecule has 0 amide bonds. The van der Waals surface area contributed by atoms with E-state index in [1.807, 2.05) is 19.1 Å². The van der Waals surface area contributed by atoms with Gasteiger partial charge in [-0.1, -0.05) is 0 Å². The number of halogens is 1. The van der Waals surface area contributed by atoms with Crippen LogP contribution >= 0.6 is 15.9 Å². The number of aliphatic hydroxyl groups is 1. The number of aromatic nitrogens is 1. The third kappa shape index (κ3) is 2.76. The molecule has 3 nitrogen and oxygen atoms in total. The summed E-state index contributed by atoms with van der Waals surface area (Å²) in [6.07, 6.45) is 0.550. The van der Waals surface area contributed by atoms with Gasteiger partial charge in [-0.25, -0.2) is 0 Å². The Labute approximate surface area is 86.1 Å². The Morgan fingerprint density at radius 3 is 2.85 bits per heavy atom. The van der Waals surface area contributed by atoms with Crippen molar-refractivity contribution in [2.45, 2.75) is 19.4 Å². The summed E-state index contributed by atoms with van der Waals surface area (Å²) in [7, 11) is 0. The highest BCUT2D eigenvalue weighted by molar-refractivity contribution is 9.10. The molecule has 72 valence electrons. The quantitative estimate of drug-likeness (QED) is 0.849. The van der Waals surface area contributed by atoms with Crippen molar-refractivity contribution in [2.75, 3.05) is 6.61 Å². The molecule has 0 radical (unpaired) electrons. The second-order valence-corrected chi connectivity index (χ2v) is 3.78. The zero-order valence-corrected chi connectivity index (χ0v) is 9.08. The normalized spacial score (nSPS) is 12.9. The predicted molar refractivity (Wildman–Crippen MR) is 55.3 cm³/mol. The van der Waals surface area contributed by atoms with E-state index in [1.54, 1.807) is 0 Å². The highest BCUT2D eigenvalue weighted by Crippen LogP contribution is 2.17. The van der Waals surface area contributed by atoms with Crippen molar-refractivity contribution in [2.24, 2.45) is 5.73 Å². The van der Waals surface area contributed by atoms with Gasteiger partial charge in [0, 0.05) is 17.1 Å². The van der Waals surface area contributed by atoms with Crippen LogP contribution in [0.3, 0.4) is 0 Å². The van der Waals surface area contributed by atoms with Crippen molar-refractivity contribution in [1.29, 1.82) is 0 Å². The maximum Gasteiger partial charge on any atom is 0.0575 e. The fraction of sp³-hybridized carbons (Fsp3) is 0.444. The standard InChI is InChI=1S/C9H13BrN2O/c1-6-7(10)2-3-9(12-6)8(11)4-5-13/h2-3,8,13H,4-5,11H2,1H3/t8-/m0/s1. The number of hydrogen-bond acceptors (Lipinski definition) is 3. The van der Waals surface area contributed by atoms with E-state index in [2.05, 4.69) is 20.9 Å². The molecule has 0 bridgehead atoms. The van der Waals surface area contributed by atoms with Crippen LogP contribution in [-0.2, 0) is 0 Å². The summed E-state index contributed by atoms with van der Waals surface area (Å²) in [6, 6.07) is 3.63. The summed E-state index contributed by atoms with van der Waals surface area (Å²) in [6.45, 7) is 2.01. The molecule has 0 aromatic carbocycles. The second-order valence-electron chi connectivity index (χ2n) is 2.92. The van der Waals surface area contributed by atoms with Gasteiger partial charge in [0.15, 0.2) is 0 Å². The number of rotatable bonds is 3. The van der Waals surface area contributed by atoms with Crippen molar-refractivity contribution in [3.8, 4) is 0 Å². The first-order valence-corrected chi connectivity index (χ1v) is 4.94. The Bertz CT molecular complexity index is 291. The minimum Gasteiger partial charge on any atom is -0.396 e. The van der Waals surface area contributed by atoms with E-state index in [0.29, 0.717) is 6.42 Å². The van der Waals surface area contributed by atoms with Crippen LogP contribution in [-0.4, -0.2) is 16.7 Å². The van der Waals surface area contributed by atoms with E-state index in [9.17, 15) is 0 Å². The predicted octanol–water partition coefficient (Wildman–Crippen LogP) is 1.53. The van der Waals surface area contributed by atoms with Gasteiger partial charge in [-0.05, 0) is 41.4 Å². The lowest BCUT2D eigenvalue weighted by atomic mass is 10.1. The number of nitrogens with zero attached hydrogens (tertiary/aromatic N) is 1. The number of pyridine rings is 1. The average molecular weight is 245 g/mol. The molecule has 1 aromatic heterocycles. The largest absolute Gasteiger partial charge is 0.396 e. The van der Waals surface area contributed by atoms with Crippen molar-refractivity contribution in [1.82, 2.24) is 4.98 Å². The summed E-state index contributed by atoms with van der Waals surface area (Å²) < 4.78 is 0.979. The van der Waals surface area contributed by atoms with Crippen LogP contribution in [0.15, 0.2) is 16.6 Å². The first kappa shape index (κ1) is 10.6. The lowest BCUT2D eigenvalue weighted by Gasteiger charge is -2.10. The number of aryl methyl sites for hydroxylation is 1. The minimum absolute atomic E-state index is 0.0952. The van der Waals surface area contributed by atoms with E-state index in [4.69, 9.17) is 10.8 Å². The van der Waals surface area contributed by atoms with Gasteiger partial charge in [-0.2, -0.15) is 0 Å². The molecule has 0 saturated carbocycles. The van der Waals surface area contributed by atoms with Gasteiger partial charge in [-0.15, -0.1) is 0 Å². The molecule has 0 fully saturated rings. The van der Waals surface area contributed by atoms with E-state index in [1.165, 1.54) is 0 Å². The first-order valence-electron chi connectivity index (χ1n) is 4.14. The van der Waals surface area contributed by atoms with Gasteiger partial charge >= 0.3 is 0 Å². The third-order valence-electron chi connectivity index (χ3n) is 1.86. The third-order valence-corrected chi connectivity index (χ3v) is 2.70. The second kappa shape index (κ2) is 4.69. The van der Waals surface area contributed by atoms with Crippen LogP contribution < -0.4 is 5.73 Å². The zero-order chi connectivity index (χ0) is 9.84. The van der Waals surface area contributed by atoms with Crippen LogP contribution in [0.25, 0.3) is 0 Å². The van der Waals surface area contributed by atoms with Crippen molar-refractivity contribution in [3.05, 3.63) is 28.0 Å². The molecule has 1 atom stereocenters. The van der Waals surface area contributed by atoms with Crippen molar-refractivity contribution < 1.29 is 5.11 Å². The molecular formula is C9H13BrN2O. The lowest BCUT2D eigenvalue weighted by Crippen LogP contribution is -2.13.